The average molecular weight is 318 g/mol. The first-order chi connectivity index (χ1) is 11.7. The fourth-order valence-corrected chi connectivity index (χ4v) is 2.55. The second-order valence-electron chi connectivity index (χ2n) is 5.58. The molecule has 24 heavy (non-hydrogen) atoms. The van der Waals surface area contributed by atoms with Crippen LogP contribution in [-0.2, 0) is 13.1 Å². The molecule has 1 aromatic heterocycles. The van der Waals surface area contributed by atoms with Crippen LogP contribution in [0.4, 0.5) is 0 Å². The molecule has 120 valence electrons. The van der Waals surface area contributed by atoms with Crippen LogP contribution in [0.5, 0.6) is 0 Å². The Bertz CT molecular complexity index is 745. The van der Waals surface area contributed by atoms with Gasteiger partial charge in [-0.15, -0.1) is 0 Å². The minimum Gasteiger partial charge on any atom is -0.619 e. The first kappa shape index (κ1) is 15.7. The number of carbonyl (C=O) groups is 1. The van der Waals surface area contributed by atoms with Gasteiger partial charge in [-0.05, 0) is 11.1 Å². The molecule has 0 fully saturated rings. The fraction of sp³-hybridized carbons (Fsp3) is 0.100. The Kier molecular flexibility index (Phi) is 4.87. The van der Waals surface area contributed by atoms with Gasteiger partial charge in [0.2, 0.25) is 0 Å². The van der Waals surface area contributed by atoms with Gasteiger partial charge in [0.05, 0.1) is 5.56 Å². The Morgan fingerprint density at radius 2 is 1.25 bits per heavy atom. The summed E-state index contributed by atoms with van der Waals surface area (Å²) in [4.78, 5) is 14.7. The number of rotatable bonds is 5. The van der Waals surface area contributed by atoms with Crippen LogP contribution in [0.15, 0.2) is 85.2 Å². The molecule has 2 aromatic carbocycles. The van der Waals surface area contributed by atoms with Gasteiger partial charge in [-0.1, -0.05) is 60.7 Å². The van der Waals surface area contributed by atoms with E-state index >= 15 is 0 Å². The van der Waals surface area contributed by atoms with Gasteiger partial charge in [-0.2, -0.15) is 4.73 Å². The third kappa shape index (κ3) is 3.98. The summed E-state index contributed by atoms with van der Waals surface area (Å²) in [5, 5.41) is 11.2. The number of benzene rings is 2. The Labute approximate surface area is 141 Å². The molecule has 0 aliphatic rings. The van der Waals surface area contributed by atoms with E-state index < -0.39 is 0 Å². The SMILES string of the molecule is O=C(c1cc[n+]([O-])cc1)N(Cc1ccccc1)Cc1ccccc1. The predicted molar refractivity (Wildman–Crippen MR) is 91.9 cm³/mol. The number of nitrogens with zero attached hydrogens (tertiary/aromatic N) is 2. The third-order valence-corrected chi connectivity index (χ3v) is 3.77. The predicted octanol–water partition coefficient (Wildman–Crippen LogP) is 3.16. The van der Waals surface area contributed by atoms with Crippen LogP contribution in [-0.4, -0.2) is 10.8 Å². The van der Waals surface area contributed by atoms with Crippen molar-refractivity contribution >= 4 is 5.91 Å². The van der Waals surface area contributed by atoms with Crippen molar-refractivity contribution < 1.29 is 9.52 Å². The largest absolute Gasteiger partial charge is 0.619 e. The molecule has 0 saturated heterocycles. The highest BCUT2D eigenvalue weighted by Gasteiger charge is 2.17. The molecular formula is C20H18N2O2. The number of carbonyl (C=O) groups excluding carboxylic acids is 1. The Morgan fingerprint density at radius 1 is 0.792 bits per heavy atom. The molecule has 4 nitrogen and oxygen atoms in total. The van der Waals surface area contributed by atoms with Crippen molar-refractivity contribution in [3.63, 3.8) is 0 Å². The lowest BCUT2D eigenvalue weighted by Gasteiger charge is -2.23. The zero-order valence-corrected chi connectivity index (χ0v) is 13.2. The molecule has 0 radical (unpaired) electrons. The zero-order valence-electron chi connectivity index (χ0n) is 13.2. The number of pyridine rings is 1. The minimum atomic E-state index is -0.0942. The van der Waals surface area contributed by atoms with Gasteiger partial charge in [-0.25, -0.2) is 0 Å². The zero-order chi connectivity index (χ0) is 16.8. The lowest BCUT2D eigenvalue weighted by molar-refractivity contribution is -0.605. The number of hydrogen-bond donors (Lipinski definition) is 0. The first-order valence-electron chi connectivity index (χ1n) is 7.78. The number of amides is 1. The summed E-state index contributed by atoms with van der Waals surface area (Å²) < 4.78 is 0.676. The van der Waals surface area contributed by atoms with E-state index in [1.165, 1.54) is 12.4 Å². The van der Waals surface area contributed by atoms with Gasteiger partial charge in [-0.3, -0.25) is 4.79 Å². The topological polar surface area (TPSA) is 47.2 Å². The standard InChI is InChI=1S/C20H18N2O2/c23-20(19-11-13-22(24)14-12-19)21(15-17-7-3-1-4-8-17)16-18-9-5-2-6-10-18/h1-14H,15-16H2. The van der Waals surface area contributed by atoms with Gasteiger partial charge in [0.1, 0.15) is 0 Å². The maximum atomic E-state index is 12.9. The smallest absolute Gasteiger partial charge is 0.254 e. The van der Waals surface area contributed by atoms with E-state index in [4.69, 9.17) is 0 Å². The third-order valence-electron chi connectivity index (χ3n) is 3.77. The van der Waals surface area contributed by atoms with Crippen molar-refractivity contribution in [3.05, 3.63) is 107 Å². The Hall–Kier alpha value is -3.14. The van der Waals surface area contributed by atoms with E-state index in [-0.39, 0.29) is 5.91 Å². The lowest BCUT2D eigenvalue weighted by Crippen LogP contribution is -2.31. The molecule has 0 saturated carbocycles. The van der Waals surface area contributed by atoms with Crippen LogP contribution in [0.1, 0.15) is 21.5 Å². The summed E-state index contributed by atoms with van der Waals surface area (Å²) in [7, 11) is 0. The molecule has 3 rings (SSSR count). The molecule has 0 unspecified atom stereocenters. The van der Waals surface area contributed by atoms with E-state index in [9.17, 15) is 10.0 Å². The summed E-state index contributed by atoms with van der Waals surface area (Å²) in [6, 6.07) is 22.9. The normalized spacial score (nSPS) is 10.3. The molecule has 1 amide bonds. The van der Waals surface area contributed by atoms with Crippen LogP contribution < -0.4 is 4.73 Å². The van der Waals surface area contributed by atoms with Crippen LogP contribution >= 0.6 is 0 Å². The van der Waals surface area contributed by atoms with Gasteiger partial charge in [0.25, 0.3) is 5.91 Å². The van der Waals surface area contributed by atoms with Gasteiger partial charge >= 0.3 is 0 Å². The highest BCUT2D eigenvalue weighted by Crippen LogP contribution is 2.13. The highest BCUT2D eigenvalue weighted by atomic mass is 16.5. The summed E-state index contributed by atoms with van der Waals surface area (Å²) in [6.07, 6.45) is 2.69. The van der Waals surface area contributed by atoms with Gasteiger partial charge < -0.3 is 10.1 Å². The highest BCUT2D eigenvalue weighted by molar-refractivity contribution is 5.93. The van der Waals surface area contributed by atoms with E-state index in [1.54, 1.807) is 17.0 Å². The van der Waals surface area contributed by atoms with Gasteiger partial charge in [0, 0.05) is 25.2 Å². The van der Waals surface area contributed by atoms with Crippen LogP contribution in [0.3, 0.4) is 0 Å². The molecule has 0 aliphatic carbocycles. The molecule has 4 heteroatoms. The molecule has 0 aliphatic heterocycles. The molecule has 3 aromatic rings. The Balaban J connectivity index is 1.85. The second kappa shape index (κ2) is 7.42. The second-order valence-corrected chi connectivity index (χ2v) is 5.58. The van der Waals surface area contributed by atoms with Crippen molar-refractivity contribution in [2.24, 2.45) is 0 Å². The maximum Gasteiger partial charge on any atom is 0.254 e. The quantitative estimate of drug-likeness (QED) is 0.536. The van der Waals surface area contributed by atoms with E-state index in [2.05, 4.69) is 0 Å². The summed E-state index contributed by atoms with van der Waals surface area (Å²) in [6.45, 7) is 1.03. The molecule has 0 atom stereocenters. The number of hydrogen-bond acceptors (Lipinski definition) is 2. The van der Waals surface area contributed by atoms with Crippen LogP contribution in [0, 0.1) is 5.21 Å². The van der Waals surface area contributed by atoms with Crippen molar-refractivity contribution in [3.8, 4) is 0 Å². The minimum absolute atomic E-state index is 0.0942. The molecule has 0 bridgehead atoms. The number of aromatic nitrogens is 1. The van der Waals surface area contributed by atoms with E-state index in [0.29, 0.717) is 23.4 Å². The van der Waals surface area contributed by atoms with Crippen LogP contribution in [0.25, 0.3) is 0 Å². The summed E-state index contributed by atoms with van der Waals surface area (Å²) in [5.74, 6) is -0.0942. The van der Waals surface area contributed by atoms with Gasteiger partial charge in [0.15, 0.2) is 12.4 Å². The summed E-state index contributed by atoms with van der Waals surface area (Å²) in [5.41, 5.74) is 2.64. The summed E-state index contributed by atoms with van der Waals surface area (Å²) >= 11 is 0. The monoisotopic (exact) mass is 318 g/mol. The molecule has 0 N–H and O–H groups in total. The first-order valence-corrected chi connectivity index (χ1v) is 7.78. The van der Waals surface area contributed by atoms with Crippen molar-refractivity contribution in [1.29, 1.82) is 0 Å². The maximum absolute atomic E-state index is 12.9. The van der Waals surface area contributed by atoms with Crippen molar-refractivity contribution in [2.75, 3.05) is 0 Å². The van der Waals surface area contributed by atoms with E-state index in [1.807, 2.05) is 60.7 Å². The molecular weight excluding hydrogens is 300 g/mol. The van der Waals surface area contributed by atoms with E-state index in [0.717, 1.165) is 11.1 Å². The van der Waals surface area contributed by atoms with Crippen LogP contribution in [0.2, 0.25) is 0 Å². The van der Waals surface area contributed by atoms with Crippen molar-refractivity contribution in [1.82, 2.24) is 4.90 Å². The average Bonchev–Trinajstić information content (AvgIpc) is 2.63. The fourth-order valence-electron chi connectivity index (χ4n) is 2.55. The van der Waals surface area contributed by atoms with Crippen molar-refractivity contribution in [2.45, 2.75) is 13.1 Å². The lowest BCUT2D eigenvalue weighted by atomic mass is 10.1. The Morgan fingerprint density at radius 3 is 1.71 bits per heavy atom. The molecule has 0 spiro atoms. The molecule has 1 heterocycles.